The second-order valence-corrected chi connectivity index (χ2v) is 4.82. The van der Waals surface area contributed by atoms with Gasteiger partial charge in [-0.05, 0) is 25.3 Å². The summed E-state index contributed by atoms with van der Waals surface area (Å²) < 4.78 is 5.03. The molecular formula is C13H19NO4. The number of carboxylic acids is 1. The lowest BCUT2D eigenvalue weighted by Gasteiger charge is -2.14. The van der Waals surface area contributed by atoms with Gasteiger partial charge in [-0.15, -0.1) is 0 Å². The molecule has 1 unspecified atom stereocenters. The molecule has 0 fully saturated rings. The van der Waals surface area contributed by atoms with Crippen LogP contribution in [0.15, 0.2) is 16.7 Å². The van der Waals surface area contributed by atoms with E-state index in [9.17, 15) is 9.59 Å². The van der Waals surface area contributed by atoms with Crippen molar-refractivity contribution in [2.75, 3.05) is 6.54 Å². The summed E-state index contributed by atoms with van der Waals surface area (Å²) in [7, 11) is 0. The number of amides is 1. The van der Waals surface area contributed by atoms with Crippen LogP contribution in [-0.2, 0) is 4.79 Å². The number of carboxylic acid groups (broad SMARTS) is 1. The number of hydrogen-bond acceptors (Lipinski definition) is 3. The van der Waals surface area contributed by atoms with Gasteiger partial charge in [0.05, 0.1) is 11.5 Å². The highest BCUT2D eigenvalue weighted by Gasteiger charge is 2.20. The predicted octanol–water partition coefficient (Wildman–Crippen LogP) is 2.06. The van der Waals surface area contributed by atoms with E-state index in [-0.39, 0.29) is 18.4 Å². The first-order chi connectivity index (χ1) is 8.40. The number of rotatable bonds is 6. The van der Waals surface area contributed by atoms with Gasteiger partial charge in [-0.3, -0.25) is 9.59 Å². The van der Waals surface area contributed by atoms with Crippen LogP contribution >= 0.6 is 0 Å². The summed E-state index contributed by atoms with van der Waals surface area (Å²) in [6, 6.07) is 1.62. The molecule has 100 valence electrons. The third-order valence-electron chi connectivity index (χ3n) is 2.61. The molecule has 2 N–H and O–H groups in total. The molecule has 1 rings (SSSR count). The quantitative estimate of drug-likeness (QED) is 0.813. The first-order valence-electron chi connectivity index (χ1n) is 5.96. The van der Waals surface area contributed by atoms with E-state index in [0.29, 0.717) is 17.7 Å². The van der Waals surface area contributed by atoms with E-state index in [0.717, 1.165) is 0 Å². The number of nitrogens with one attached hydrogen (secondary N) is 1. The number of furan rings is 1. The van der Waals surface area contributed by atoms with Gasteiger partial charge < -0.3 is 14.8 Å². The van der Waals surface area contributed by atoms with Crippen LogP contribution < -0.4 is 5.32 Å². The van der Waals surface area contributed by atoms with Crippen molar-refractivity contribution in [2.45, 2.75) is 27.2 Å². The van der Waals surface area contributed by atoms with Crippen molar-refractivity contribution in [1.82, 2.24) is 5.32 Å². The predicted molar refractivity (Wildman–Crippen MR) is 66.4 cm³/mol. The Hall–Kier alpha value is -1.78. The summed E-state index contributed by atoms with van der Waals surface area (Å²) >= 11 is 0. The minimum absolute atomic E-state index is 0.135. The molecule has 0 spiro atoms. The molecular weight excluding hydrogens is 234 g/mol. The van der Waals surface area contributed by atoms with Crippen LogP contribution in [0.1, 0.15) is 36.4 Å². The number of hydrogen-bond donors (Lipinski definition) is 2. The highest BCUT2D eigenvalue weighted by molar-refractivity contribution is 5.94. The van der Waals surface area contributed by atoms with E-state index in [2.05, 4.69) is 5.32 Å². The molecule has 1 atom stereocenters. The second-order valence-electron chi connectivity index (χ2n) is 4.82. The van der Waals surface area contributed by atoms with Gasteiger partial charge in [0.25, 0.3) is 5.91 Å². The van der Waals surface area contributed by atoms with Crippen molar-refractivity contribution in [3.8, 4) is 0 Å². The average molecular weight is 253 g/mol. The fourth-order valence-corrected chi connectivity index (χ4v) is 1.72. The van der Waals surface area contributed by atoms with Gasteiger partial charge in [0.15, 0.2) is 0 Å². The molecule has 5 heteroatoms. The number of aryl methyl sites for hydroxylation is 1. The Labute approximate surface area is 106 Å². The fraction of sp³-hybridized carbons (Fsp3) is 0.538. The first kappa shape index (κ1) is 14.3. The minimum Gasteiger partial charge on any atom is -0.481 e. The highest BCUT2D eigenvalue weighted by atomic mass is 16.4. The van der Waals surface area contributed by atoms with Gasteiger partial charge in [-0.1, -0.05) is 13.8 Å². The summed E-state index contributed by atoms with van der Waals surface area (Å²) in [5, 5.41) is 11.7. The van der Waals surface area contributed by atoms with Crippen molar-refractivity contribution in [3.63, 3.8) is 0 Å². The van der Waals surface area contributed by atoms with Crippen molar-refractivity contribution in [2.24, 2.45) is 11.8 Å². The number of carbonyl (C=O) groups is 2. The Morgan fingerprint density at radius 3 is 2.56 bits per heavy atom. The van der Waals surface area contributed by atoms with Crippen molar-refractivity contribution in [1.29, 1.82) is 0 Å². The standard InChI is InChI=1S/C13H19NO4/c1-8(2)4-10(13(16)17)6-14-12(15)11-5-9(3)18-7-11/h5,7-8,10H,4,6H2,1-3H3,(H,14,15)(H,16,17). The minimum atomic E-state index is -0.882. The second kappa shape index (κ2) is 6.23. The lowest BCUT2D eigenvalue weighted by Crippen LogP contribution is -2.33. The molecule has 1 aromatic heterocycles. The third kappa shape index (κ3) is 4.24. The topological polar surface area (TPSA) is 79.5 Å². The van der Waals surface area contributed by atoms with Crippen LogP contribution in [0.25, 0.3) is 0 Å². The van der Waals surface area contributed by atoms with Gasteiger partial charge in [0, 0.05) is 6.54 Å². The Morgan fingerprint density at radius 1 is 1.44 bits per heavy atom. The molecule has 0 saturated heterocycles. The van der Waals surface area contributed by atoms with Crippen LogP contribution in [0.2, 0.25) is 0 Å². The first-order valence-corrected chi connectivity index (χ1v) is 5.96. The maximum absolute atomic E-state index is 11.7. The van der Waals surface area contributed by atoms with Gasteiger partial charge in [0.2, 0.25) is 0 Å². The smallest absolute Gasteiger partial charge is 0.308 e. The van der Waals surface area contributed by atoms with Crippen LogP contribution in [0.3, 0.4) is 0 Å². The summed E-state index contributed by atoms with van der Waals surface area (Å²) in [6.45, 7) is 5.79. The SMILES string of the molecule is Cc1cc(C(=O)NCC(CC(C)C)C(=O)O)co1. The molecule has 0 bridgehead atoms. The van der Waals surface area contributed by atoms with Crippen molar-refractivity contribution in [3.05, 3.63) is 23.7 Å². The summed E-state index contributed by atoms with van der Waals surface area (Å²) in [6.07, 6.45) is 1.91. The largest absolute Gasteiger partial charge is 0.481 e. The van der Waals surface area contributed by atoms with E-state index < -0.39 is 11.9 Å². The van der Waals surface area contributed by atoms with Crippen LogP contribution in [-0.4, -0.2) is 23.5 Å². The molecule has 0 aliphatic rings. The third-order valence-corrected chi connectivity index (χ3v) is 2.61. The zero-order valence-corrected chi connectivity index (χ0v) is 10.9. The number of aliphatic carboxylic acids is 1. The van der Waals surface area contributed by atoms with E-state index in [4.69, 9.17) is 9.52 Å². The molecule has 1 heterocycles. The Bertz CT molecular complexity index is 422. The van der Waals surface area contributed by atoms with E-state index in [1.165, 1.54) is 6.26 Å². The van der Waals surface area contributed by atoms with Crippen molar-refractivity contribution < 1.29 is 19.1 Å². The number of carbonyl (C=O) groups excluding carboxylic acids is 1. The molecule has 1 amide bonds. The lowest BCUT2D eigenvalue weighted by atomic mass is 9.97. The van der Waals surface area contributed by atoms with Gasteiger partial charge in [0.1, 0.15) is 12.0 Å². The molecule has 1 aromatic rings. The van der Waals surface area contributed by atoms with Crippen LogP contribution in [0, 0.1) is 18.8 Å². The maximum Gasteiger partial charge on any atom is 0.308 e. The monoisotopic (exact) mass is 253 g/mol. The summed E-state index contributed by atoms with van der Waals surface area (Å²) in [5.74, 6) is -0.813. The van der Waals surface area contributed by atoms with Gasteiger partial charge in [-0.25, -0.2) is 0 Å². The van der Waals surface area contributed by atoms with E-state index in [1.807, 2.05) is 13.8 Å². The van der Waals surface area contributed by atoms with Crippen LogP contribution in [0.4, 0.5) is 0 Å². The van der Waals surface area contributed by atoms with Crippen LogP contribution in [0.5, 0.6) is 0 Å². The normalized spacial score (nSPS) is 12.4. The average Bonchev–Trinajstić information content (AvgIpc) is 2.69. The molecule has 0 saturated carbocycles. The molecule has 0 aliphatic heterocycles. The fourth-order valence-electron chi connectivity index (χ4n) is 1.72. The zero-order valence-electron chi connectivity index (χ0n) is 10.9. The Kier molecular flexibility index (Phi) is 4.95. The summed E-state index contributed by atoms with van der Waals surface area (Å²) in [4.78, 5) is 22.7. The molecule has 18 heavy (non-hydrogen) atoms. The lowest BCUT2D eigenvalue weighted by molar-refractivity contribution is -0.142. The van der Waals surface area contributed by atoms with Crippen molar-refractivity contribution >= 4 is 11.9 Å². The molecule has 0 aliphatic carbocycles. The Balaban J connectivity index is 2.52. The van der Waals surface area contributed by atoms with E-state index >= 15 is 0 Å². The Morgan fingerprint density at radius 2 is 2.11 bits per heavy atom. The van der Waals surface area contributed by atoms with Gasteiger partial charge >= 0.3 is 5.97 Å². The molecule has 0 aromatic carbocycles. The zero-order chi connectivity index (χ0) is 13.7. The molecule has 5 nitrogen and oxygen atoms in total. The highest BCUT2D eigenvalue weighted by Crippen LogP contribution is 2.12. The maximum atomic E-state index is 11.7. The van der Waals surface area contributed by atoms with Gasteiger partial charge in [-0.2, -0.15) is 0 Å². The van der Waals surface area contributed by atoms with E-state index in [1.54, 1.807) is 13.0 Å². The molecule has 0 radical (unpaired) electrons. The summed E-state index contributed by atoms with van der Waals surface area (Å²) in [5.41, 5.74) is 0.418.